The minimum atomic E-state index is -0.915. The van der Waals surface area contributed by atoms with Crippen LogP contribution in [-0.4, -0.2) is 66.2 Å². The van der Waals surface area contributed by atoms with Crippen LogP contribution >= 0.6 is 0 Å². The highest BCUT2D eigenvalue weighted by molar-refractivity contribution is 5.76. The second kappa shape index (κ2) is 10.3. The number of nitrogens with zero attached hydrogens (tertiary/aromatic N) is 2. The van der Waals surface area contributed by atoms with E-state index in [0.29, 0.717) is 11.1 Å². The molecular weight excluding hydrogens is 478 g/mol. The zero-order valence-electron chi connectivity index (χ0n) is 19.8. The molecule has 2 aromatic rings. The normalized spacial score (nSPS) is 27.9. The maximum atomic E-state index is 12.6. The fourth-order valence-corrected chi connectivity index (χ4v) is 4.52. The van der Waals surface area contributed by atoms with Crippen molar-refractivity contribution >= 4 is 5.91 Å². The fourth-order valence-electron chi connectivity index (χ4n) is 4.52. The van der Waals surface area contributed by atoms with Gasteiger partial charge in [0, 0.05) is 42.8 Å². The molecule has 5 N–H and O–H groups in total. The molecule has 0 aromatic carbocycles. The van der Waals surface area contributed by atoms with E-state index in [1.54, 1.807) is 13.8 Å². The Balaban J connectivity index is 1.35. The summed E-state index contributed by atoms with van der Waals surface area (Å²) in [6.45, 7) is 2.71. The molecule has 196 valence electrons. The van der Waals surface area contributed by atoms with Crippen LogP contribution in [0.4, 0.5) is 0 Å². The van der Waals surface area contributed by atoms with E-state index in [9.17, 15) is 34.2 Å². The molecule has 36 heavy (non-hydrogen) atoms. The van der Waals surface area contributed by atoms with Crippen molar-refractivity contribution in [2.45, 2.75) is 76.3 Å². The van der Waals surface area contributed by atoms with Crippen molar-refractivity contribution in [2.75, 3.05) is 6.61 Å². The third kappa shape index (κ3) is 5.26. The number of ether oxygens (including phenoxy) is 2. The van der Waals surface area contributed by atoms with Crippen molar-refractivity contribution in [3.05, 3.63) is 65.2 Å². The van der Waals surface area contributed by atoms with Crippen molar-refractivity contribution in [2.24, 2.45) is 0 Å². The predicted octanol–water partition coefficient (Wildman–Crippen LogP) is -2.10. The van der Waals surface area contributed by atoms with Crippen molar-refractivity contribution in [1.82, 2.24) is 24.4 Å². The van der Waals surface area contributed by atoms with Gasteiger partial charge in [0.2, 0.25) is 5.91 Å². The van der Waals surface area contributed by atoms with Crippen LogP contribution in [0.2, 0.25) is 0 Å². The maximum absolute atomic E-state index is 12.6. The van der Waals surface area contributed by atoms with E-state index in [1.807, 2.05) is 0 Å². The van der Waals surface area contributed by atoms with Crippen LogP contribution in [0.15, 0.2) is 31.6 Å². The van der Waals surface area contributed by atoms with Crippen LogP contribution in [0, 0.1) is 13.8 Å². The lowest BCUT2D eigenvalue weighted by Gasteiger charge is -2.19. The molecule has 2 aromatic heterocycles. The van der Waals surface area contributed by atoms with E-state index in [0.717, 1.165) is 0 Å². The Kier molecular flexibility index (Phi) is 7.40. The van der Waals surface area contributed by atoms with Crippen LogP contribution in [0.1, 0.15) is 49.3 Å². The summed E-state index contributed by atoms with van der Waals surface area (Å²) in [5.74, 6) is -0.371. The molecule has 4 rings (SSSR count). The molecule has 6 atom stereocenters. The molecule has 0 saturated carbocycles. The van der Waals surface area contributed by atoms with Gasteiger partial charge in [0.1, 0.15) is 18.6 Å². The first-order chi connectivity index (χ1) is 17.1. The highest BCUT2D eigenvalue weighted by atomic mass is 16.5. The molecule has 14 nitrogen and oxygen atoms in total. The van der Waals surface area contributed by atoms with E-state index in [1.165, 1.54) is 21.5 Å². The van der Waals surface area contributed by atoms with Gasteiger partial charge < -0.3 is 25.0 Å². The molecule has 2 saturated heterocycles. The third-order valence-corrected chi connectivity index (χ3v) is 6.53. The second-order valence-corrected chi connectivity index (χ2v) is 9.15. The minimum absolute atomic E-state index is 0.00890. The smallest absolute Gasteiger partial charge is 0.330 e. The molecule has 0 spiro atoms. The number of aromatic nitrogens is 4. The molecule has 2 aliphatic rings. The van der Waals surface area contributed by atoms with Crippen LogP contribution in [0.25, 0.3) is 0 Å². The molecule has 0 bridgehead atoms. The van der Waals surface area contributed by atoms with Gasteiger partial charge in [-0.2, -0.15) is 0 Å². The Bertz CT molecular complexity index is 1360. The van der Waals surface area contributed by atoms with Crippen molar-refractivity contribution in [1.29, 1.82) is 0 Å². The molecule has 14 heteroatoms. The van der Waals surface area contributed by atoms with E-state index in [-0.39, 0.29) is 31.6 Å². The fraction of sp³-hybridized carbons (Fsp3) is 0.591. The second-order valence-electron chi connectivity index (χ2n) is 9.15. The lowest BCUT2D eigenvalue weighted by Crippen LogP contribution is -2.42. The van der Waals surface area contributed by atoms with Gasteiger partial charge >= 0.3 is 11.4 Å². The third-order valence-electron chi connectivity index (χ3n) is 6.53. The summed E-state index contributed by atoms with van der Waals surface area (Å²) < 4.78 is 13.9. The first-order valence-electron chi connectivity index (χ1n) is 11.6. The summed E-state index contributed by atoms with van der Waals surface area (Å²) in [5.41, 5.74) is -1.66. The molecule has 2 aliphatic heterocycles. The van der Waals surface area contributed by atoms with Gasteiger partial charge in [-0.05, 0) is 20.3 Å². The molecule has 1 amide bonds. The number of amides is 1. The molecule has 0 aliphatic carbocycles. The number of aliphatic hydroxyl groups is 2. The van der Waals surface area contributed by atoms with E-state index >= 15 is 0 Å². The maximum Gasteiger partial charge on any atom is 0.330 e. The number of nitrogens with one attached hydrogen (secondary N) is 3. The minimum Gasteiger partial charge on any atom is -0.394 e. The number of aryl methyl sites for hydroxylation is 2. The van der Waals surface area contributed by atoms with Gasteiger partial charge in [0.15, 0.2) is 0 Å². The van der Waals surface area contributed by atoms with Crippen LogP contribution in [0.3, 0.4) is 0 Å². The summed E-state index contributed by atoms with van der Waals surface area (Å²) in [7, 11) is 0. The summed E-state index contributed by atoms with van der Waals surface area (Å²) in [5, 5.41) is 22.9. The highest BCUT2D eigenvalue weighted by Gasteiger charge is 2.38. The number of hydrogen-bond acceptors (Lipinski definition) is 9. The van der Waals surface area contributed by atoms with Gasteiger partial charge in [0.05, 0.1) is 24.9 Å². The van der Waals surface area contributed by atoms with Crippen molar-refractivity contribution in [3.63, 3.8) is 0 Å². The number of hydrogen-bond donors (Lipinski definition) is 5. The molecule has 0 radical (unpaired) electrons. The first-order valence-corrected chi connectivity index (χ1v) is 11.6. The Labute approximate surface area is 203 Å². The number of H-pyrrole nitrogens is 2. The monoisotopic (exact) mass is 507 g/mol. The summed E-state index contributed by atoms with van der Waals surface area (Å²) in [6.07, 6.45) is -0.726. The van der Waals surface area contributed by atoms with Gasteiger partial charge in [-0.1, -0.05) is 0 Å². The largest absolute Gasteiger partial charge is 0.394 e. The predicted molar refractivity (Wildman–Crippen MR) is 123 cm³/mol. The van der Waals surface area contributed by atoms with Crippen LogP contribution < -0.4 is 27.8 Å². The standard InChI is InChI=1S/C22H29N5O9/c1-10-7-26(21(33)24-19(10)31)17-5-12(15(9-28)36-17)23-16(30)4-3-14-13(29)6-18(35-14)27-8-11(2)20(32)25-22(27)34/h7-8,12-15,17-18,28-29H,3-6,9H2,1-2H3,(H,23,30)(H,24,31,33)(H,25,32,34)/t12-,13-,14+,15+,17+,18+/m0/s1. The Hall–Kier alpha value is -3.33. The zero-order chi connectivity index (χ0) is 26.1. The van der Waals surface area contributed by atoms with E-state index < -0.39 is 65.9 Å². The van der Waals surface area contributed by atoms with Gasteiger partial charge in [-0.15, -0.1) is 0 Å². The van der Waals surface area contributed by atoms with Gasteiger partial charge in [-0.3, -0.25) is 33.5 Å². The Morgan fingerprint density at radius 2 is 1.50 bits per heavy atom. The number of carbonyl (C=O) groups is 1. The van der Waals surface area contributed by atoms with Crippen molar-refractivity contribution < 1.29 is 24.5 Å². The summed E-state index contributed by atoms with van der Waals surface area (Å²) in [4.78, 5) is 64.5. The van der Waals surface area contributed by atoms with E-state index in [4.69, 9.17) is 9.47 Å². The average Bonchev–Trinajstić information content (AvgIpc) is 3.40. The quantitative estimate of drug-likeness (QED) is 0.278. The van der Waals surface area contributed by atoms with Gasteiger partial charge in [0.25, 0.3) is 11.1 Å². The number of carbonyl (C=O) groups excluding carboxylic acids is 1. The first kappa shape index (κ1) is 25.8. The SMILES string of the molecule is Cc1cn([C@H]2C[C@H](NC(=O)CC[C@H]3O[C@@H](n4cc(C)c(=O)[nH]c4=O)C[C@@H]3O)[C@@H](CO)O2)c(=O)[nH]c1=O. The lowest BCUT2D eigenvalue weighted by molar-refractivity contribution is -0.123. The molecule has 4 heterocycles. The topological polar surface area (TPSA) is 198 Å². The Morgan fingerprint density at radius 3 is 2.06 bits per heavy atom. The lowest BCUT2D eigenvalue weighted by atomic mass is 10.1. The highest BCUT2D eigenvalue weighted by Crippen LogP contribution is 2.31. The molecule has 0 unspecified atom stereocenters. The summed E-state index contributed by atoms with van der Waals surface area (Å²) in [6, 6.07) is -0.587. The molecule has 2 fully saturated rings. The van der Waals surface area contributed by atoms with Crippen molar-refractivity contribution in [3.8, 4) is 0 Å². The summed E-state index contributed by atoms with van der Waals surface area (Å²) >= 11 is 0. The van der Waals surface area contributed by atoms with Crippen LogP contribution in [0.5, 0.6) is 0 Å². The molecular formula is C22H29N5O9. The zero-order valence-corrected chi connectivity index (χ0v) is 19.8. The van der Waals surface area contributed by atoms with Gasteiger partial charge in [-0.25, -0.2) is 9.59 Å². The number of aliphatic hydroxyl groups excluding tert-OH is 2. The Morgan fingerprint density at radius 1 is 0.972 bits per heavy atom. The number of aromatic amines is 2. The number of rotatable bonds is 7. The van der Waals surface area contributed by atoms with E-state index in [2.05, 4.69) is 15.3 Å². The average molecular weight is 508 g/mol. The van der Waals surface area contributed by atoms with Crippen LogP contribution in [-0.2, 0) is 14.3 Å².